The smallest absolute Gasteiger partial charge is 0.252 e. The van der Waals surface area contributed by atoms with Crippen LogP contribution in [0.3, 0.4) is 0 Å². The lowest BCUT2D eigenvalue weighted by atomic mass is 10.0. The number of hydrogen-bond acceptors (Lipinski definition) is 7. The number of methoxy groups -OCH3 is 2. The van der Waals surface area contributed by atoms with E-state index >= 15 is 0 Å². The highest BCUT2D eigenvalue weighted by Crippen LogP contribution is 2.31. The lowest BCUT2D eigenvalue weighted by molar-refractivity contribution is 0.160. The molecule has 0 aliphatic rings. The van der Waals surface area contributed by atoms with Crippen LogP contribution in [0.4, 0.5) is 0 Å². The molecule has 1 atom stereocenters. The number of ether oxygens (including phenoxy) is 2. The van der Waals surface area contributed by atoms with Crippen LogP contribution in [0.1, 0.15) is 69.1 Å². The van der Waals surface area contributed by atoms with Gasteiger partial charge in [0.25, 0.3) is 5.56 Å². The first-order chi connectivity index (χ1) is 18.7. The number of H-pyrrole nitrogens is 1. The number of tetrazole rings is 1. The molecule has 0 amide bonds. The van der Waals surface area contributed by atoms with Gasteiger partial charge in [0.05, 0.1) is 31.3 Å². The maximum absolute atomic E-state index is 13.3. The van der Waals surface area contributed by atoms with Crippen molar-refractivity contribution in [2.45, 2.75) is 72.0 Å². The van der Waals surface area contributed by atoms with Crippen molar-refractivity contribution in [2.75, 3.05) is 20.8 Å². The highest BCUT2D eigenvalue weighted by Gasteiger charge is 2.31. The van der Waals surface area contributed by atoms with Gasteiger partial charge in [0.1, 0.15) is 0 Å². The minimum atomic E-state index is -0.237. The first kappa shape index (κ1) is 28.3. The molecule has 0 fully saturated rings. The van der Waals surface area contributed by atoms with Crippen LogP contribution in [-0.2, 0) is 18.5 Å². The summed E-state index contributed by atoms with van der Waals surface area (Å²) in [5.41, 5.74) is 3.45. The Morgan fingerprint density at radius 3 is 2.54 bits per heavy atom. The average Bonchev–Trinajstić information content (AvgIpc) is 3.43. The average molecular weight is 533 g/mol. The molecule has 0 bridgehead atoms. The van der Waals surface area contributed by atoms with Crippen molar-refractivity contribution in [3.8, 4) is 11.5 Å². The van der Waals surface area contributed by atoms with E-state index in [1.54, 1.807) is 14.2 Å². The molecule has 9 heteroatoms. The Balaban J connectivity index is 1.73. The van der Waals surface area contributed by atoms with Crippen LogP contribution in [0, 0.1) is 6.92 Å². The first-order valence-electron chi connectivity index (χ1n) is 13.6. The number of aromatic amines is 1. The van der Waals surface area contributed by atoms with E-state index in [4.69, 9.17) is 9.47 Å². The quantitative estimate of drug-likeness (QED) is 0.268. The van der Waals surface area contributed by atoms with Gasteiger partial charge < -0.3 is 14.5 Å². The maximum atomic E-state index is 13.3. The Kier molecular flexibility index (Phi) is 8.70. The van der Waals surface area contributed by atoms with Crippen LogP contribution in [0.5, 0.6) is 11.5 Å². The molecule has 0 aliphatic carbocycles. The minimum absolute atomic E-state index is 0.0729. The second-order valence-corrected chi connectivity index (χ2v) is 10.6. The van der Waals surface area contributed by atoms with Gasteiger partial charge in [-0.1, -0.05) is 38.1 Å². The van der Waals surface area contributed by atoms with Crippen molar-refractivity contribution >= 4 is 10.9 Å². The zero-order valence-corrected chi connectivity index (χ0v) is 24.1. The first-order valence-corrected chi connectivity index (χ1v) is 13.6. The molecule has 0 radical (unpaired) electrons. The molecule has 0 saturated carbocycles. The van der Waals surface area contributed by atoms with E-state index in [2.05, 4.69) is 59.2 Å². The van der Waals surface area contributed by atoms with Crippen LogP contribution < -0.4 is 15.0 Å². The molecule has 2 aromatic carbocycles. The number of aryl methyl sites for hydroxylation is 1. The predicted octanol–water partition coefficient (Wildman–Crippen LogP) is 5.18. The molecule has 0 unspecified atom stereocenters. The van der Waals surface area contributed by atoms with Gasteiger partial charge in [0, 0.05) is 18.7 Å². The standard InChI is InChI=1S/C30H40N6O3/c1-8-24(28-32-33-34-36(28)30(4,5)9-2)35(16-15-21-13-14-25(38-6)26(17-21)39-7)19-23-18-22-12-10-11-20(3)27(22)31-29(23)37/h10-14,17-18,24H,8-9,15-16,19H2,1-7H3,(H,31,37)/t24-/m0/s1. The SMILES string of the molecule is CC[C@@H](c1nnnn1C(C)(C)CC)N(CCc1ccc(OC)c(OC)c1)Cc1cc2cccc(C)c2[nH]c1=O. The second kappa shape index (κ2) is 12.0. The number of rotatable bonds is 12. The van der Waals surface area contributed by atoms with Crippen LogP contribution in [0.2, 0.25) is 0 Å². The van der Waals surface area contributed by atoms with Crippen molar-refractivity contribution in [2.24, 2.45) is 0 Å². The second-order valence-electron chi connectivity index (χ2n) is 10.6. The molecule has 0 aliphatic heterocycles. The van der Waals surface area contributed by atoms with E-state index in [0.29, 0.717) is 30.2 Å². The number of nitrogens with zero attached hydrogens (tertiary/aromatic N) is 5. The van der Waals surface area contributed by atoms with E-state index < -0.39 is 0 Å². The van der Waals surface area contributed by atoms with E-state index in [9.17, 15) is 4.79 Å². The third-order valence-electron chi connectivity index (χ3n) is 7.73. The molecule has 39 heavy (non-hydrogen) atoms. The third kappa shape index (κ3) is 5.98. The van der Waals surface area contributed by atoms with Crippen LogP contribution in [0.25, 0.3) is 10.9 Å². The Morgan fingerprint density at radius 2 is 1.85 bits per heavy atom. The number of pyridine rings is 1. The summed E-state index contributed by atoms with van der Waals surface area (Å²) in [5.74, 6) is 2.21. The summed E-state index contributed by atoms with van der Waals surface area (Å²) in [4.78, 5) is 18.7. The number of para-hydroxylation sites is 1. The Labute approximate surface area is 230 Å². The molecule has 4 aromatic rings. The molecular formula is C30H40N6O3. The van der Waals surface area contributed by atoms with Gasteiger partial charge in [-0.3, -0.25) is 9.69 Å². The fourth-order valence-corrected chi connectivity index (χ4v) is 5.01. The highest BCUT2D eigenvalue weighted by molar-refractivity contribution is 5.81. The number of nitrogens with one attached hydrogen (secondary N) is 1. The van der Waals surface area contributed by atoms with Crippen molar-refractivity contribution in [1.29, 1.82) is 0 Å². The van der Waals surface area contributed by atoms with Crippen LogP contribution >= 0.6 is 0 Å². The molecule has 208 valence electrons. The summed E-state index contributed by atoms with van der Waals surface area (Å²) < 4.78 is 12.9. The summed E-state index contributed by atoms with van der Waals surface area (Å²) >= 11 is 0. The maximum Gasteiger partial charge on any atom is 0.252 e. The van der Waals surface area contributed by atoms with Gasteiger partial charge in [0.2, 0.25) is 0 Å². The number of fused-ring (bicyclic) bond motifs is 1. The topological polar surface area (TPSA) is 98.2 Å². The summed E-state index contributed by atoms with van der Waals surface area (Å²) in [6.07, 6.45) is 2.42. The molecule has 0 saturated heterocycles. The number of hydrogen-bond donors (Lipinski definition) is 1. The van der Waals surface area contributed by atoms with E-state index in [1.165, 1.54) is 0 Å². The Hall–Kier alpha value is -3.72. The Morgan fingerprint density at radius 1 is 1.08 bits per heavy atom. The summed E-state index contributed by atoms with van der Waals surface area (Å²) in [7, 11) is 3.28. The number of benzene rings is 2. The van der Waals surface area contributed by atoms with Gasteiger partial charge in [-0.2, -0.15) is 0 Å². The Bertz CT molecular complexity index is 1480. The van der Waals surface area contributed by atoms with Gasteiger partial charge >= 0.3 is 0 Å². The summed E-state index contributed by atoms with van der Waals surface area (Å²) in [6.45, 7) is 11.7. The molecule has 1 N–H and O–H groups in total. The predicted molar refractivity (Wildman–Crippen MR) is 153 cm³/mol. The van der Waals surface area contributed by atoms with Crippen molar-refractivity contribution in [3.63, 3.8) is 0 Å². The lowest BCUT2D eigenvalue weighted by Crippen LogP contribution is -2.37. The van der Waals surface area contributed by atoms with Gasteiger partial charge in [-0.15, -0.1) is 5.10 Å². The fourth-order valence-electron chi connectivity index (χ4n) is 5.01. The highest BCUT2D eigenvalue weighted by atomic mass is 16.5. The molecular weight excluding hydrogens is 492 g/mol. The van der Waals surface area contributed by atoms with E-state index in [-0.39, 0.29) is 17.1 Å². The van der Waals surface area contributed by atoms with Crippen molar-refractivity contribution in [3.05, 3.63) is 75.3 Å². The minimum Gasteiger partial charge on any atom is -0.493 e. The molecule has 0 spiro atoms. The van der Waals surface area contributed by atoms with Crippen molar-refractivity contribution in [1.82, 2.24) is 30.1 Å². The van der Waals surface area contributed by atoms with Gasteiger partial charge in [-0.25, -0.2) is 4.68 Å². The van der Waals surface area contributed by atoms with E-state index in [0.717, 1.165) is 47.1 Å². The monoisotopic (exact) mass is 532 g/mol. The number of aromatic nitrogens is 5. The molecule has 2 heterocycles. The normalized spacial score (nSPS) is 12.7. The summed E-state index contributed by atoms with van der Waals surface area (Å²) in [6, 6.07) is 14.0. The largest absolute Gasteiger partial charge is 0.493 e. The van der Waals surface area contributed by atoms with Gasteiger partial charge in [-0.05, 0) is 85.2 Å². The van der Waals surface area contributed by atoms with Gasteiger partial charge in [0.15, 0.2) is 17.3 Å². The zero-order valence-electron chi connectivity index (χ0n) is 24.1. The molecule has 4 rings (SSSR count). The third-order valence-corrected chi connectivity index (χ3v) is 7.73. The van der Waals surface area contributed by atoms with E-state index in [1.807, 2.05) is 48.0 Å². The zero-order chi connectivity index (χ0) is 28.2. The molecule has 9 nitrogen and oxygen atoms in total. The summed E-state index contributed by atoms with van der Waals surface area (Å²) in [5, 5.41) is 14.0. The van der Waals surface area contributed by atoms with Crippen LogP contribution in [-0.4, -0.2) is 50.9 Å². The van der Waals surface area contributed by atoms with Crippen molar-refractivity contribution < 1.29 is 9.47 Å². The molecule has 2 aromatic heterocycles. The lowest BCUT2D eigenvalue weighted by Gasteiger charge is -2.33. The fraction of sp³-hybridized carbons (Fsp3) is 0.467. The van der Waals surface area contributed by atoms with Crippen LogP contribution in [0.15, 0.2) is 47.3 Å².